The smallest absolute Gasteiger partial charge is 0.0160 e. The molecule has 0 radical (unpaired) electrons. The van der Waals surface area contributed by atoms with E-state index in [2.05, 4.69) is 43.3 Å². The topological polar surface area (TPSA) is 15.3 Å². The molecule has 2 nitrogen and oxygen atoms in total. The van der Waals surface area contributed by atoms with Gasteiger partial charge < -0.3 is 10.2 Å². The summed E-state index contributed by atoms with van der Waals surface area (Å²) < 4.78 is 0. The van der Waals surface area contributed by atoms with Gasteiger partial charge in [-0.05, 0) is 26.9 Å². The number of likely N-dealkylation sites (N-methyl/N-ethyl adjacent to an activating group) is 1. The Hall–Kier alpha value is -0.340. The third kappa shape index (κ3) is 7.76. The first-order valence-corrected chi connectivity index (χ1v) is 4.81. The zero-order valence-electron chi connectivity index (χ0n) is 8.64. The van der Waals surface area contributed by atoms with Gasteiger partial charge in [-0.2, -0.15) is 0 Å². The lowest BCUT2D eigenvalue weighted by atomic mass is 10.4. The predicted molar refractivity (Wildman–Crippen MR) is 55.5 cm³/mol. The molecule has 0 amide bonds. The first-order valence-electron chi connectivity index (χ1n) is 4.81. The minimum absolute atomic E-state index is 1.06. The monoisotopic (exact) mass is 170 g/mol. The molecule has 0 unspecified atom stereocenters. The maximum atomic E-state index is 3.38. The predicted octanol–water partition coefficient (Wildman–Crippen LogP) is 1.49. The average Bonchev–Trinajstić information content (AvgIpc) is 2.09. The van der Waals surface area contributed by atoms with Crippen LogP contribution >= 0.6 is 0 Å². The van der Waals surface area contributed by atoms with Crippen LogP contribution in [0, 0.1) is 0 Å². The quantitative estimate of drug-likeness (QED) is 0.460. The molecule has 0 aromatic rings. The Kier molecular flexibility index (Phi) is 8.51. The Morgan fingerprint density at radius 3 is 2.67 bits per heavy atom. The SMILES string of the molecule is C/C=C/CN(C)CCNCCC. The van der Waals surface area contributed by atoms with Crippen molar-refractivity contribution in [1.82, 2.24) is 10.2 Å². The van der Waals surface area contributed by atoms with E-state index in [4.69, 9.17) is 0 Å². The lowest BCUT2D eigenvalue weighted by Gasteiger charge is -2.14. The molecular formula is C10H22N2. The minimum atomic E-state index is 1.06. The second-order valence-corrected chi connectivity index (χ2v) is 3.08. The molecule has 1 N–H and O–H groups in total. The second kappa shape index (κ2) is 8.75. The van der Waals surface area contributed by atoms with Crippen LogP contribution in [0.15, 0.2) is 12.2 Å². The number of nitrogens with zero attached hydrogens (tertiary/aromatic N) is 1. The molecule has 0 aliphatic heterocycles. The number of nitrogens with one attached hydrogen (secondary N) is 1. The molecule has 0 bridgehead atoms. The fourth-order valence-corrected chi connectivity index (χ4v) is 0.948. The van der Waals surface area contributed by atoms with Crippen molar-refractivity contribution in [3.05, 3.63) is 12.2 Å². The fourth-order valence-electron chi connectivity index (χ4n) is 0.948. The number of rotatable bonds is 7. The highest BCUT2D eigenvalue weighted by Gasteiger charge is 1.92. The molecule has 0 spiro atoms. The highest BCUT2D eigenvalue weighted by Crippen LogP contribution is 1.82. The maximum Gasteiger partial charge on any atom is 0.0160 e. The Bertz CT molecular complexity index is 110. The molecule has 0 atom stereocenters. The van der Waals surface area contributed by atoms with Crippen LogP contribution in [0.2, 0.25) is 0 Å². The molecular weight excluding hydrogens is 148 g/mol. The van der Waals surface area contributed by atoms with Gasteiger partial charge in [0, 0.05) is 19.6 Å². The van der Waals surface area contributed by atoms with Gasteiger partial charge in [0.2, 0.25) is 0 Å². The molecule has 0 saturated heterocycles. The summed E-state index contributed by atoms with van der Waals surface area (Å²) >= 11 is 0. The molecule has 72 valence electrons. The Morgan fingerprint density at radius 1 is 1.33 bits per heavy atom. The van der Waals surface area contributed by atoms with E-state index in [0.29, 0.717) is 0 Å². The van der Waals surface area contributed by atoms with Crippen LogP contribution in [-0.2, 0) is 0 Å². The van der Waals surface area contributed by atoms with Crippen LogP contribution in [0.3, 0.4) is 0 Å². The first-order chi connectivity index (χ1) is 5.81. The van der Waals surface area contributed by atoms with E-state index in [-0.39, 0.29) is 0 Å². The van der Waals surface area contributed by atoms with Crippen molar-refractivity contribution < 1.29 is 0 Å². The molecule has 2 heteroatoms. The van der Waals surface area contributed by atoms with Crippen LogP contribution in [0.4, 0.5) is 0 Å². The number of hydrogen-bond acceptors (Lipinski definition) is 2. The van der Waals surface area contributed by atoms with Crippen molar-refractivity contribution >= 4 is 0 Å². The summed E-state index contributed by atoms with van der Waals surface area (Å²) in [4.78, 5) is 2.31. The second-order valence-electron chi connectivity index (χ2n) is 3.08. The lowest BCUT2D eigenvalue weighted by Crippen LogP contribution is -2.29. The lowest BCUT2D eigenvalue weighted by molar-refractivity contribution is 0.365. The summed E-state index contributed by atoms with van der Waals surface area (Å²) in [5.41, 5.74) is 0. The van der Waals surface area contributed by atoms with Gasteiger partial charge in [-0.3, -0.25) is 0 Å². The molecule has 0 aromatic carbocycles. The Morgan fingerprint density at radius 2 is 2.08 bits per heavy atom. The number of allylic oxidation sites excluding steroid dienone is 1. The van der Waals surface area contributed by atoms with Crippen molar-refractivity contribution in [2.75, 3.05) is 33.2 Å². The van der Waals surface area contributed by atoms with Crippen molar-refractivity contribution in [2.45, 2.75) is 20.3 Å². The van der Waals surface area contributed by atoms with Gasteiger partial charge in [0.25, 0.3) is 0 Å². The first kappa shape index (κ1) is 11.7. The average molecular weight is 170 g/mol. The molecule has 0 aromatic heterocycles. The van der Waals surface area contributed by atoms with Crippen LogP contribution in [0.5, 0.6) is 0 Å². The molecule has 0 aliphatic carbocycles. The van der Waals surface area contributed by atoms with Crippen molar-refractivity contribution in [3.63, 3.8) is 0 Å². The van der Waals surface area contributed by atoms with E-state index in [0.717, 1.165) is 26.2 Å². The molecule has 0 fully saturated rings. The standard InChI is InChI=1S/C10H22N2/c1-4-6-9-12(3)10-8-11-7-5-2/h4,6,11H,5,7-10H2,1-3H3/b6-4+. The van der Waals surface area contributed by atoms with Gasteiger partial charge in [0.1, 0.15) is 0 Å². The largest absolute Gasteiger partial charge is 0.315 e. The van der Waals surface area contributed by atoms with Crippen LogP contribution < -0.4 is 5.32 Å². The van der Waals surface area contributed by atoms with E-state index in [1.165, 1.54) is 6.42 Å². The van der Waals surface area contributed by atoms with Gasteiger partial charge >= 0.3 is 0 Å². The van der Waals surface area contributed by atoms with Crippen molar-refractivity contribution in [3.8, 4) is 0 Å². The summed E-state index contributed by atoms with van der Waals surface area (Å²) in [7, 11) is 2.15. The summed E-state index contributed by atoms with van der Waals surface area (Å²) in [5, 5.41) is 3.38. The molecule has 0 saturated carbocycles. The zero-order valence-corrected chi connectivity index (χ0v) is 8.64. The summed E-state index contributed by atoms with van der Waals surface area (Å²) in [6.07, 6.45) is 5.49. The van der Waals surface area contributed by atoms with Crippen LogP contribution in [0.25, 0.3) is 0 Å². The maximum absolute atomic E-state index is 3.38. The molecule has 0 heterocycles. The van der Waals surface area contributed by atoms with E-state index >= 15 is 0 Å². The van der Waals surface area contributed by atoms with Gasteiger partial charge in [-0.1, -0.05) is 19.1 Å². The van der Waals surface area contributed by atoms with Gasteiger partial charge in [-0.25, -0.2) is 0 Å². The molecule has 12 heavy (non-hydrogen) atoms. The third-order valence-corrected chi connectivity index (χ3v) is 1.75. The highest BCUT2D eigenvalue weighted by molar-refractivity contribution is 4.79. The summed E-state index contributed by atoms with van der Waals surface area (Å²) in [6, 6.07) is 0. The summed E-state index contributed by atoms with van der Waals surface area (Å²) in [6.45, 7) is 8.67. The fraction of sp³-hybridized carbons (Fsp3) is 0.800. The van der Waals surface area contributed by atoms with Crippen LogP contribution in [-0.4, -0.2) is 38.1 Å². The molecule has 0 rings (SSSR count). The summed E-state index contributed by atoms with van der Waals surface area (Å²) in [5.74, 6) is 0. The van der Waals surface area contributed by atoms with Gasteiger partial charge in [0.15, 0.2) is 0 Å². The van der Waals surface area contributed by atoms with E-state index < -0.39 is 0 Å². The van der Waals surface area contributed by atoms with Crippen molar-refractivity contribution in [2.24, 2.45) is 0 Å². The van der Waals surface area contributed by atoms with Gasteiger partial charge in [0.05, 0.1) is 0 Å². The van der Waals surface area contributed by atoms with E-state index in [9.17, 15) is 0 Å². The molecule has 0 aliphatic rings. The van der Waals surface area contributed by atoms with E-state index in [1.807, 2.05) is 0 Å². The van der Waals surface area contributed by atoms with E-state index in [1.54, 1.807) is 0 Å². The Balaban J connectivity index is 3.13. The normalized spacial score (nSPS) is 11.7. The number of hydrogen-bond donors (Lipinski definition) is 1. The minimum Gasteiger partial charge on any atom is -0.315 e. The van der Waals surface area contributed by atoms with Gasteiger partial charge in [-0.15, -0.1) is 0 Å². The highest BCUT2D eigenvalue weighted by atomic mass is 15.1. The third-order valence-electron chi connectivity index (χ3n) is 1.75. The Labute approximate surface area is 76.6 Å². The van der Waals surface area contributed by atoms with Crippen molar-refractivity contribution in [1.29, 1.82) is 0 Å². The van der Waals surface area contributed by atoms with Crippen LogP contribution in [0.1, 0.15) is 20.3 Å². The zero-order chi connectivity index (χ0) is 9.23.